The summed E-state index contributed by atoms with van der Waals surface area (Å²) < 4.78 is 41.8. The zero-order chi connectivity index (χ0) is 68.9. The molecule has 3 unspecified atom stereocenters. The molecule has 5 fully saturated rings. The van der Waals surface area contributed by atoms with Crippen LogP contribution in [0.4, 0.5) is 13.2 Å². The zero-order valence-corrected chi connectivity index (χ0v) is 58.1. The van der Waals surface area contributed by atoms with Crippen LogP contribution in [0, 0.1) is 35.5 Å². The summed E-state index contributed by atoms with van der Waals surface area (Å²) in [6, 6.07) is -7.52. The van der Waals surface area contributed by atoms with E-state index in [4.69, 9.17) is 11.6 Å². The Morgan fingerprint density at radius 1 is 0.598 bits per heavy atom. The molecule has 3 aliphatic carbocycles. The van der Waals surface area contributed by atoms with Crippen LogP contribution in [0.15, 0.2) is 0 Å². The van der Waals surface area contributed by atoms with Gasteiger partial charge in [-0.1, -0.05) is 99.3 Å². The molecule has 3 N–H and O–H groups in total. The van der Waals surface area contributed by atoms with E-state index in [1.807, 2.05) is 20.8 Å². The minimum absolute atomic E-state index is 0.0148. The van der Waals surface area contributed by atoms with Crippen LogP contribution < -0.4 is 16.0 Å². The van der Waals surface area contributed by atoms with Gasteiger partial charge in [0, 0.05) is 73.7 Å². The third-order valence-electron chi connectivity index (χ3n) is 20.6. The van der Waals surface area contributed by atoms with Crippen LogP contribution in [0.1, 0.15) is 183 Å². The van der Waals surface area contributed by atoms with Gasteiger partial charge in [0.05, 0.1) is 25.6 Å². The molecule has 1 spiro atoms. The second-order valence-electron chi connectivity index (χ2n) is 28.4. The van der Waals surface area contributed by atoms with Gasteiger partial charge in [0.2, 0.25) is 65.0 Å². The number of alkyl halides is 4. The molecule has 3 saturated carbocycles. The number of carbonyl (C=O) groups is 11. The standard InChI is InChI=1S/C66H109ClF3N11O11/c1-15-42(6)56-62(90)76(10)38-54(84)74(8)39-55(85)79(13)51(36-44-23-18-16-19-24-44)61(89)75(9)37-52(82)71-48(29-27-45-26-28-46(47(67)35-45)66(68,69)70)60(88)81-32-22-25-49(81)59(87)73-65(30-20-17-21-31-65)64(92)80(14)57(41(4)5)63(91)77(11)43(7)34-53(83)78(12)50(33-40(2)3)58(86)72-56/h40-51,56-57H,15-39H2,1-14H3,(H,71,82)(H,72,86)(H,73,87)/t42-,43+,45?,46?,47?,48-,49-,50-,51-,56-,57-/m0/s1. The van der Waals surface area contributed by atoms with E-state index in [0.29, 0.717) is 25.7 Å². The Balaban J connectivity index is 1.55. The molecule has 2 saturated heterocycles. The summed E-state index contributed by atoms with van der Waals surface area (Å²) in [5, 5.41) is 7.61. The van der Waals surface area contributed by atoms with Crippen molar-refractivity contribution in [3.8, 4) is 0 Å². The number of halogens is 4. The maximum atomic E-state index is 15.3. The van der Waals surface area contributed by atoms with Gasteiger partial charge in [-0.05, 0) is 107 Å². The van der Waals surface area contributed by atoms with E-state index in [-0.39, 0.29) is 94.9 Å². The number of carbonyl (C=O) groups excluding carboxylic acids is 11. The molecule has 2 aliphatic heterocycles. The fourth-order valence-electron chi connectivity index (χ4n) is 14.3. The molecule has 92 heavy (non-hydrogen) atoms. The van der Waals surface area contributed by atoms with Crippen LogP contribution in [0.3, 0.4) is 0 Å². The Hall–Kier alpha value is -5.75. The summed E-state index contributed by atoms with van der Waals surface area (Å²) in [6.45, 7) is 11.2. The molecule has 0 bridgehead atoms. The van der Waals surface area contributed by atoms with Gasteiger partial charge in [-0.3, -0.25) is 52.7 Å². The van der Waals surface area contributed by atoms with Crippen molar-refractivity contribution in [2.45, 2.75) is 243 Å². The smallest absolute Gasteiger partial charge is 0.343 e. The van der Waals surface area contributed by atoms with Crippen molar-refractivity contribution < 1.29 is 65.9 Å². The lowest BCUT2D eigenvalue weighted by Crippen LogP contribution is -2.66. The van der Waals surface area contributed by atoms with E-state index < -0.39 is 162 Å². The van der Waals surface area contributed by atoms with Gasteiger partial charge >= 0.3 is 6.18 Å². The first-order chi connectivity index (χ1) is 43.0. The quantitative estimate of drug-likeness (QED) is 0.215. The second-order valence-corrected chi connectivity index (χ2v) is 29.0. The highest BCUT2D eigenvalue weighted by Crippen LogP contribution is 2.44. The van der Waals surface area contributed by atoms with Gasteiger partial charge in [-0.15, -0.1) is 11.6 Å². The van der Waals surface area contributed by atoms with E-state index in [1.165, 1.54) is 83.6 Å². The normalized spacial score (nSPS) is 29.7. The Bertz CT molecular complexity index is 2600. The highest BCUT2D eigenvalue weighted by molar-refractivity contribution is 6.20. The SMILES string of the molecule is CC[C@H](C)[C@@H]1NC(=O)[C@H](CC(C)C)N(C)C(=O)C[C@@H](C)N(C)C(=O)[C@H](C(C)C)N(C)C(=O)C2(CCCCC2)NC(=O)[C@@H]2CCCN2C(=O)[C@H](CCC2CCC(C(F)(F)F)C(Cl)C2)NC(=O)CN(C)C(=O)[C@H](CC2CCCCC2)N(C)C(=O)CN(C)C(=O)CN(C)C1=O. The topological polar surface area (TPSA) is 250 Å². The molecule has 22 nitrogen and oxygen atoms in total. The maximum absolute atomic E-state index is 15.3. The minimum atomic E-state index is -4.49. The molecule has 522 valence electrons. The summed E-state index contributed by atoms with van der Waals surface area (Å²) in [4.78, 5) is 171. The average molecular weight is 1330 g/mol. The minimum Gasteiger partial charge on any atom is -0.343 e. The van der Waals surface area contributed by atoms with Crippen molar-refractivity contribution in [2.75, 3.05) is 75.5 Å². The molecule has 5 aliphatic rings. The fraction of sp³-hybridized carbons (Fsp3) is 0.833. The lowest BCUT2D eigenvalue weighted by molar-refractivity contribution is -0.182. The molecule has 5 rings (SSSR count). The Morgan fingerprint density at radius 2 is 1.20 bits per heavy atom. The number of hydrogen-bond donors (Lipinski definition) is 3. The Kier molecular flexibility index (Phi) is 28.5. The lowest BCUT2D eigenvalue weighted by atomic mass is 9.78. The highest BCUT2D eigenvalue weighted by atomic mass is 35.5. The molecular formula is C66H109ClF3N11O11. The van der Waals surface area contributed by atoms with Gasteiger partial charge in [-0.2, -0.15) is 13.2 Å². The monoisotopic (exact) mass is 1320 g/mol. The van der Waals surface area contributed by atoms with Crippen LogP contribution in [-0.4, -0.2) is 239 Å². The van der Waals surface area contributed by atoms with Gasteiger partial charge in [0.15, 0.2) is 0 Å². The second kappa shape index (κ2) is 34.1. The highest BCUT2D eigenvalue weighted by Gasteiger charge is 2.50. The van der Waals surface area contributed by atoms with Gasteiger partial charge in [0.25, 0.3) is 0 Å². The number of amides is 11. The predicted octanol–water partition coefficient (Wildman–Crippen LogP) is 5.96. The van der Waals surface area contributed by atoms with Crippen molar-refractivity contribution in [3.05, 3.63) is 0 Å². The van der Waals surface area contributed by atoms with Crippen LogP contribution in [0.5, 0.6) is 0 Å². The van der Waals surface area contributed by atoms with E-state index in [0.717, 1.165) is 43.4 Å². The number of fused-ring (bicyclic) bond motifs is 1. The summed E-state index contributed by atoms with van der Waals surface area (Å²) in [6.07, 6.45) is 3.70. The van der Waals surface area contributed by atoms with E-state index >= 15 is 9.59 Å². The maximum Gasteiger partial charge on any atom is 0.393 e. The molecule has 0 radical (unpaired) electrons. The van der Waals surface area contributed by atoms with Gasteiger partial charge < -0.3 is 55.1 Å². The molecule has 11 atom stereocenters. The molecule has 0 aromatic carbocycles. The number of hydrogen-bond acceptors (Lipinski definition) is 11. The molecule has 2 heterocycles. The summed E-state index contributed by atoms with van der Waals surface area (Å²) in [5.74, 6) is -9.43. The van der Waals surface area contributed by atoms with Crippen molar-refractivity contribution in [2.24, 2.45) is 35.5 Å². The number of likely N-dealkylation sites (N-methyl/N-ethyl adjacent to an activating group) is 7. The van der Waals surface area contributed by atoms with Crippen molar-refractivity contribution in [3.63, 3.8) is 0 Å². The Morgan fingerprint density at radius 3 is 1.78 bits per heavy atom. The van der Waals surface area contributed by atoms with Gasteiger partial charge in [-0.25, -0.2) is 0 Å². The van der Waals surface area contributed by atoms with Crippen LogP contribution >= 0.6 is 11.6 Å². The van der Waals surface area contributed by atoms with Crippen LogP contribution in [0.2, 0.25) is 0 Å². The number of nitrogens with zero attached hydrogens (tertiary/aromatic N) is 8. The fourth-order valence-corrected chi connectivity index (χ4v) is 14.9. The molecule has 26 heteroatoms. The third kappa shape index (κ3) is 19.9. The number of rotatable bonds is 10. The van der Waals surface area contributed by atoms with E-state index in [1.54, 1.807) is 27.7 Å². The summed E-state index contributed by atoms with van der Waals surface area (Å²) in [5.41, 5.74) is -1.49. The average Bonchev–Trinajstić information content (AvgIpc) is 1.10. The largest absolute Gasteiger partial charge is 0.393 e. The first kappa shape index (κ1) is 77.0. The van der Waals surface area contributed by atoms with E-state index in [9.17, 15) is 56.3 Å². The molecule has 0 aromatic rings. The molecule has 0 aromatic heterocycles. The zero-order valence-electron chi connectivity index (χ0n) is 57.3. The van der Waals surface area contributed by atoms with Gasteiger partial charge in [0.1, 0.15) is 41.8 Å². The van der Waals surface area contributed by atoms with Crippen molar-refractivity contribution in [1.82, 2.24) is 55.1 Å². The van der Waals surface area contributed by atoms with Crippen molar-refractivity contribution >= 4 is 76.6 Å². The molecule has 11 amide bonds. The van der Waals surface area contributed by atoms with Crippen LogP contribution in [0.25, 0.3) is 0 Å². The first-order valence-corrected chi connectivity index (χ1v) is 34.2. The van der Waals surface area contributed by atoms with Crippen LogP contribution in [-0.2, 0) is 52.7 Å². The first-order valence-electron chi connectivity index (χ1n) is 33.8. The third-order valence-corrected chi connectivity index (χ3v) is 21.1. The number of nitrogens with one attached hydrogen (secondary N) is 3. The summed E-state index contributed by atoms with van der Waals surface area (Å²) in [7, 11) is 10.2. The van der Waals surface area contributed by atoms with E-state index in [2.05, 4.69) is 16.0 Å². The predicted molar refractivity (Wildman–Crippen MR) is 343 cm³/mol. The lowest BCUT2D eigenvalue weighted by Gasteiger charge is -2.44. The molecular weight excluding hydrogens is 1220 g/mol. The Labute approximate surface area is 549 Å². The summed E-state index contributed by atoms with van der Waals surface area (Å²) >= 11 is 6.37. The van der Waals surface area contributed by atoms with Crippen molar-refractivity contribution in [1.29, 1.82) is 0 Å².